The number of amidine groups is 1. The van der Waals surface area contributed by atoms with E-state index in [-0.39, 0.29) is 23.7 Å². The number of benzene rings is 1. The molecule has 4 unspecified atom stereocenters. The molecule has 4 atom stereocenters. The van der Waals surface area contributed by atoms with Crippen molar-refractivity contribution < 1.29 is 9.84 Å². The summed E-state index contributed by atoms with van der Waals surface area (Å²) in [5, 5.41) is 10.7. The van der Waals surface area contributed by atoms with E-state index in [1.54, 1.807) is 11.8 Å². The van der Waals surface area contributed by atoms with Crippen molar-refractivity contribution in [2.45, 2.75) is 37.0 Å². The third-order valence-electron chi connectivity index (χ3n) is 4.81. The predicted octanol–water partition coefficient (Wildman–Crippen LogP) is 2.63. The Labute approximate surface area is 136 Å². The molecule has 21 heavy (non-hydrogen) atoms. The van der Waals surface area contributed by atoms with Gasteiger partial charge in [0.1, 0.15) is 17.4 Å². The fourth-order valence-corrected chi connectivity index (χ4v) is 5.23. The molecule has 0 amide bonds. The number of ether oxygens (including phenoxy) is 1. The average Bonchev–Trinajstić information content (AvgIpc) is 2.84. The summed E-state index contributed by atoms with van der Waals surface area (Å²) in [7, 11) is 0. The average molecular weight is 369 g/mol. The molecule has 0 bridgehead atoms. The number of nitrogens with zero attached hydrogens (tertiary/aromatic N) is 1. The molecular formula is C15H17BrN2O2S. The fraction of sp³-hybridized carbons (Fsp3) is 0.533. The maximum atomic E-state index is 10.1. The van der Waals surface area contributed by atoms with Gasteiger partial charge in [-0.05, 0) is 37.5 Å². The van der Waals surface area contributed by atoms with E-state index in [0.29, 0.717) is 5.17 Å². The van der Waals surface area contributed by atoms with E-state index in [2.05, 4.69) is 22.0 Å². The van der Waals surface area contributed by atoms with Crippen LogP contribution in [0.1, 0.15) is 24.8 Å². The first-order chi connectivity index (χ1) is 10.1. The molecule has 112 valence electrons. The molecule has 2 aliphatic heterocycles. The van der Waals surface area contributed by atoms with Crippen molar-refractivity contribution in [2.75, 3.05) is 5.75 Å². The summed E-state index contributed by atoms with van der Waals surface area (Å²) < 4.78 is 7.23. The maximum absolute atomic E-state index is 10.1. The summed E-state index contributed by atoms with van der Waals surface area (Å²) in [6, 6.07) is 6.10. The standard InChI is InChI=1S/C15H17BrN2O2S/c16-8-1-3-12-10(5-8)15(7-21-14(17)18-15)11-6-9(19)2-4-13(11)20-12/h1,3,5,9,11,13,19H,2,4,6-7H2,(H2,17,18). The van der Waals surface area contributed by atoms with Gasteiger partial charge >= 0.3 is 0 Å². The van der Waals surface area contributed by atoms with Crippen LogP contribution in [0.3, 0.4) is 0 Å². The fourth-order valence-electron chi connectivity index (χ4n) is 3.84. The number of rotatable bonds is 0. The minimum Gasteiger partial charge on any atom is -0.490 e. The zero-order valence-electron chi connectivity index (χ0n) is 11.5. The lowest BCUT2D eigenvalue weighted by atomic mass is 9.68. The molecule has 4 rings (SSSR count). The van der Waals surface area contributed by atoms with Crippen LogP contribution in [-0.2, 0) is 5.54 Å². The largest absolute Gasteiger partial charge is 0.490 e. The summed E-state index contributed by atoms with van der Waals surface area (Å²) in [6.07, 6.45) is 2.27. The molecule has 4 nitrogen and oxygen atoms in total. The van der Waals surface area contributed by atoms with E-state index in [1.807, 2.05) is 12.1 Å². The lowest BCUT2D eigenvalue weighted by Gasteiger charge is -2.48. The van der Waals surface area contributed by atoms with Gasteiger partial charge in [0.25, 0.3) is 0 Å². The first-order valence-electron chi connectivity index (χ1n) is 7.21. The van der Waals surface area contributed by atoms with Crippen molar-refractivity contribution in [3.05, 3.63) is 28.2 Å². The summed E-state index contributed by atoms with van der Waals surface area (Å²) in [5.74, 6) is 1.94. The molecule has 0 saturated heterocycles. The van der Waals surface area contributed by atoms with Gasteiger partial charge in [0.2, 0.25) is 0 Å². The van der Waals surface area contributed by atoms with E-state index < -0.39 is 0 Å². The van der Waals surface area contributed by atoms with Gasteiger partial charge in [-0.15, -0.1) is 0 Å². The zero-order chi connectivity index (χ0) is 14.6. The molecule has 1 fully saturated rings. The zero-order valence-corrected chi connectivity index (χ0v) is 13.9. The van der Waals surface area contributed by atoms with Crippen molar-refractivity contribution >= 4 is 32.9 Å². The Hall–Kier alpha value is -0.720. The third-order valence-corrected chi connectivity index (χ3v) is 6.27. The Morgan fingerprint density at radius 1 is 1.43 bits per heavy atom. The second-order valence-electron chi connectivity index (χ2n) is 6.03. The van der Waals surface area contributed by atoms with Crippen molar-refractivity contribution in [1.82, 2.24) is 0 Å². The highest BCUT2D eigenvalue weighted by molar-refractivity contribution is 9.10. The molecule has 1 aromatic carbocycles. The normalized spacial score (nSPS) is 37.6. The molecule has 1 spiro atoms. The quantitative estimate of drug-likeness (QED) is 0.738. The monoisotopic (exact) mass is 368 g/mol. The molecule has 3 aliphatic rings. The van der Waals surface area contributed by atoms with Crippen LogP contribution in [0.15, 0.2) is 27.7 Å². The summed E-state index contributed by atoms with van der Waals surface area (Å²) in [5.41, 5.74) is 6.74. The minimum atomic E-state index is -0.349. The highest BCUT2D eigenvalue weighted by atomic mass is 79.9. The van der Waals surface area contributed by atoms with Crippen LogP contribution in [0, 0.1) is 5.92 Å². The van der Waals surface area contributed by atoms with Crippen LogP contribution in [0.4, 0.5) is 0 Å². The summed E-state index contributed by atoms with van der Waals surface area (Å²) >= 11 is 5.15. The van der Waals surface area contributed by atoms with Gasteiger partial charge < -0.3 is 15.6 Å². The molecule has 2 heterocycles. The van der Waals surface area contributed by atoms with E-state index >= 15 is 0 Å². The van der Waals surface area contributed by atoms with E-state index in [0.717, 1.165) is 40.8 Å². The Balaban J connectivity index is 1.89. The van der Waals surface area contributed by atoms with Gasteiger partial charge in [0.15, 0.2) is 5.17 Å². The van der Waals surface area contributed by atoms with E-state index in [1.165, 1.54) is 0 Å². The van der Waals surface area contributed by atoms with Gasteiger partial charge in [0, 0.05) is 21.7 Å². The lowest BCUT2D eigenvalue weighted by molar-refractivity contribution is -0.0236. The molecule has 0 aromatic heterocycles. The van der Waals surface area contributed by atoms with Crippen LogP contribution in [0.5, 0.6) is 5.75 Å². The molecule has 0 radical (unpaired) electrons. The number of halogens is 1. The van der Waals surface area contributed by atoms with Crippen LogP contribution in [0.25, 0.3) is 0 Å². The van der Waals surface area contributed by atoms with E-state index in [4.69, 9.17) is 15.5 Å². The molecule has 6 heteroatoms. The maximum Gasteiger partial charge on any atom is 0.154 e. The van der Waals surface area contributed by atoms with Gasteiger partial charge in [-0.3, -0.25) is 0 Å². The number of fused-ring (bicyclic) bond motifs is 4. The molecule has 1 aliphatic carbocycles. The number of hydrogen-bond donors (Lipinski definition) is 2. The van der Waals surface area contributed by atoms with Crippen molar-refractivity contribution in [3.8, 4) is 5.75 Å². The Morgan fingerprint density at radius 2 is 2.29 bits per heavy atom. The number of hydrogen-bond acceptors (Lipinski definition) is 5. The first-order valence-corrected chi connectivity index (χ1v) is 8.99. The second-order valence-corrected chi connectivity index (χ2v) is 7.94. The lowest BCUT2D eigenvalue weighted by Crippen LogP contribution is -2.51. The molecule has 1 aromatic rings. The third kappa shape index (κ3) is 2.11. The van der Waals surface area contributed by atoms with Crippen molar-refractivity contribution in [1.29, 1.82) is 0 Å². The Kier molecular flexibility index (Phi) is 3.24. The van der Waals surface area contributed by atoms with Crippen LogP contribution in [-0.4, -0.2) is 28.2 Å². The van der Waals surface area contributed by atoms with Crippen molar-refractivity contribution in [2.24, 2.45) is 16.6 Å². The highest BCUT2D eigenvalue weighted by Crippen LogP contribution is 2.54. The van der Waals surface area contributed by atoms with E-state index in [9.17, 15) is 5.11 Å². The molecule has 3 N–H and O–H groups in total. The summed E-state index contributed by atoms with van der Waals surface area (Å²) in [4.78, 5) is 4.83. The number of nitrogens with two attached hydrogens (primary N) is 1. The summed E-state index contributed by atoms with van der Waals surface area (Å²) in [6.45, 7) is 0. The predicted molar refractivity (Wildman–Crippen MR) is 87.7 cm³/mol. The SMILES string of the molecule is NC1=NC2(CS1)c1cc(Br)ccc1OC1CCC(O)CC12. The number of aliphatic imine (C=N–C) groups is 1. The first kappa shape index (κ1) is 13.9. The number of thioether (sulfide) groups is 1. The number of aliphatic hydroxyl groups excluding tert-OH is 1. The minimum absolute atomic E-state index is 0.123. The highest BCUT2D eigenvalue weighted by Gasteiger charge is 2.54. The van der Waals surface area contributed by atoms with Crippen molar-refractivity contribution in [3.63, 3.8) is 0 Å². The van der Waals surface area contributed by atoms with Gasteiger partial charge in [-0.25, -0.2) is 4.99 Å². The number of aliphatic hydroxyl groups is 1. The van der Waals surface area contributed by atoms with Crippen LogP contribution < -0.4 is 10.5 Å². The smallest absolute Gasteiger partial charge is 0.154 e. The molecule has 1 saturated carbocycles. The van der Waals surface area contributed by atoms with Gasteiger partial charge in [0.05, 0.1) is 6.10 Å². The Morgan fingerprint density at radius 3 is 3.05 bits per heavy atom. The van der Waals surface area contributed by atoms with Crippen LogP contribution in [0.2, 0.25) is 0 Å². The molecular weight excluding hydrogens is 352 g/mol. The second kappa shape index (κ2) is 4.89. The topological polar surface area (TPSA) is 67.8 Å². The van der Waals surface area contributed by atoms with Gasteiger partial charge in [-0.1, -0.05) is 27.7 Å². The van der Waals surface area contributed by atoms with Gasteiger partial charge in [-0.2, -0.15) is 0 Å². The Bertz CT molecular complexity index is 624. The van der Waals surface area contributed by atoms with Crippen LogP contribution >= 0.6 is 27.7 Å².